The van der Waals surface area contributed by atoms with Gasteiger partial charge in [0.1, 0.15) is 19.0 Å². The third-order valence-corrected chi connectivity index (χ3v) is 6.07. The van der Waals surface area contributed by atoms with Crippen molar-refractivity contribution in [1.29, 1.82) is 0 Å². The summed E-state index contributed by atoms with van der Waals surface area (Å²) >= 11 is 3.43. The van der Waals surface area contributed by atoms with Crippen LogP contribution in [0.5, 0.6) is 11.5 Å². The molecule has 2 aromatic rings. The number of aliphatic hydroxyl groups is 1. The van der Waals surface area contributed by atoms with Crippen molar-refractivity contribution in [2.24, 2.45) is 0 Å². The lowest BCUT2D eigenvalue weighted by atomic mass is 9.95. The van der Waals surface area contributed by atoms with E-state index in [9.17, 15) is 14.7 Å². The Labute approximate surface area is 195 Å². The van der Waals surface area contributed by atoms with Gasteiger partial charge >= 0.3 is 0 Å². The molecule has 168 valence electrons. The molecule has 0 aromatic heterocycles. The van der Waals surface area contributed by atoms with Crippen molar-refractivity contribution in [2.75, 3.05) is 40.4 Å². The molecule has 1 atom stereocenters. The van der Waals surface area contributed by atoms with Gasteiger partial charge in [-0.05, 0) is 63.0 Å². The van der Waals surface area contributed by atoms with Crippen molar-refractivity contribution in [3.8, 4) is 11.5 Å². The molecule has 32 heavy (non-hydrogen) atoms. The van der Waals surface area contributed by atoms with Crippen molar-refractivity contribution in [3.05, 3.63) is 63.6 Å². The molecule has 2 aliphatic heterocycles. The van der Waals surface area contributed by atoms with Gasteiger partial charge in [-0.1, -0.05) is 28.1 Å². The van der Waals surface area contributed by atoms with Gasteiger partial charge in [-0.15, -0.1) is 0 Å². The molecular weight excluding hydrogens is 476 g/mol. The summed E-state index contributed by atoms with van der Waals surface area (Å²) in [6.07, 6.45) is 0.705. The predicted octanol–water partition coefficient (Wildman–Crippen LogP) is 3.59. The number of fused-ring (bicyclic) bond motifs is 1. The minimum atomic E-state index is -0.685. The van der Waals surface area contributed by atoms with Crippen LogP contribution in [0.25, 0.3) is 5.76 Å². The largest absolute Gasteiger partial charge is 0.507 e. The van der Waals surface area contributed by atoms with Gasteiger partial charge in [0.25, 0.3) is 11.7 Å². The van der Waals surface area contributed by atoms with Gasteiger partial charge in [-0.25, -0.2) is 0 Å². The molecule has 1 fully saturated rings. The summed E-state index contributed by atoms with van der Waals surface area (Å²) in [5.41, 5.74) is 1.25. The molecule has 8 heteroatoms. The van der Waals surface area contributed by atoms with Crippen LogP contribution in [0.4, 0.5) is 0 Å². The minimum Gasteiger partial charge on any atom is -0.507 e. The van der Waals surface area contributed by atoms with Gasteiger partial charge in [0.2, 0.25) is 0 Å². The second-order valence-corrected chi connectivity index (χ2v) is 8.97. The molecule has 1 N–H and O–H groups in total. The fourth-order valence-corrected chi connectivity index (χ4v) is 4.27. The monoisotopic (exact) mass is 500 g/mol. The number of halogens is 1. The van der Waals surface area contributed by atoms with Crippen LogP contribution in [-0.4, -0.2) is 67.0 Å². The molecule has 4 rings (SSSR count). The number of carbonyl (C=O) groups is 2. The summed E-state index contributed by atoms with van der Waals surface area (Å²) in [6, 6.07) is 11.8. The van der Waals surface area contributed by atoms with Crippen molar-refractivity contribution in [3.63, 3.8) is 0 Å². The summed E-state index contributed by atoms with van der Waals surface area (Å²) in [5, 5.41) is 11.2. The Hall–Kier alpha value is -2.84. The second kappa shape index (κ2) is 9.34. The molecular formula is C24H25BrN2O5. The number of benzene rings is 2. The van der Waals surface area contributed by atoms with E-state index in [4.69, 9.17) is 9.47 Å². The first kappa shape index (κ1) is 22.4. The summed E-state index contributed by atoms with van der Waals surface area (Å²) in [7, 11) is 3.92. The average Bonchev–Trinajstić information content (AvgIpc) is 3.03. The first-order chi connectivity index (χ1) is 15.4. The normalized spacial score (nSPS) is 19.6. The number of hydrogen-bond donors (Lipinski definition) is 1. The van der Waals surface area contributed by atoms with Gasteiger partial charge in [0.15, 0.2) is 11.5 Å². The van der Waals surface area contributed by atoms with E-state index in [0.717, 1.165) is 16.6 Å². The molecule has 2 aromatic carbocycles. The van der Waals surface area contributed by atoms with Crippen LogP contribution in [0.3, 0.4) is 0 Å². The molecule has 0 spiro atoms. The Kier molecular flexibility index (Phi) is 6.53. The van der Waals surface area contributed by atoms with Crippen LogP contribution in [0, 0.1) is 0 Å². The fraction of sp³-hybridized carbons (Fsp3) is 0.333. The number of aliphatic hydroxyl groups excluding tert-OH is 1. The van der Waals surface area contributed by atoms with E-state index < -0.39 is 17.7 Å². The maximum Gasteiger partial charge on any atom is 0.295 e. The number of rotatable bonds is 6. The minimum absolute atomic E-state index is 0.0823. The number of nitrogens with zero attached hydrogens (tertiary/aromatic N) is 2. The molecule has 1 amide bonds. The maximum absolute atomic E-state index is 13.1. The number of amides is 1. The van der Waals surface area contributed by atoms with Crippen LogP contribution in [-0.2, 0) is 9.59 Å². The second-order valence-electron chi connectivity index (χ2n) is 8.06. The van der Waals surface area contributed by atoms with Crippen LogP contribution >= 0.6 is 15.9 Å². The predicted molar refractivity (Wildman–Crippen MR) is 124 cm³/mol. The van der Waals surface area contributed by atoms with Crippen molar-refractivity contribution in [2.45, 2.75) is 12.5 Å². The van der Waals surface area contributed by atoms with E-state index in [-0.39, 0.29) is 11.3 Å². The highest BCUT2D eigenvalue weighted by Crippen LogP contribution is 2.41. The topological polar surface area (TPSA) is 79.3 Å². The quantitative estimate of drug-likeness (QED) is 0.370. The van der Waals surface area contributed by atoms with Gasteiger partial charge in [-0.3, -0.25) is 9.59 Å². The average molecular weight is 501 g/mol. The third-order valence-electron chi connectivity index (χ3n) is 5.55. The zero-order valence-electron chi connectivity index (χ0n) is 18.0. The summed E-state index contributed by atoms with van der Waals surface area (Å²) < 4.78 is 12.0. The van der Waals surface area contributed by atoms with Crippen LogP contribution in [0.15, 0.2) is 52.5 Å². The third kappa shape index (κ3) is 4.38. The van der Waals surface area contributed by atoms with Gasteiger partial charge in [0.05, 0.1) is 11.6 Å². The highest BCUT2D eigenvalue weighted by atomic mass is 79.9. The number of likely N-dealkylation sites (tertiary alicyclic amines) is 1. The Balaban J connectivity index is 1.77. The molecule has 0 unspecified atom stereocenters. The van der Waals surface area contributed by atoms with Crippen molar-refractivity contribution >= 4 is 33.4 Å². The van der Waals surface area contributed by atoms with Gasteiger partial charge in [0, 0.05) is 16.6 Å². The highest BCUT2D eigenvalue weighted by Gasteiger charge is 2.45. The van der Waals surface area contributed by atoms with E-state index in [1.165, 1.54) is 0 Å². The maximum atomic E-state index is 13.1. The Morgan fingerprint density at radius 1 is 1.09 bits per heavy atom. The zero-order valence-corrected chi connectivity index (χ0v) is 19.6. The van der Waals surface area contributed by atoms with Crippen LogP contribution in [0.2, 0.25) is 0 Å². The van der Waals surface area contributed by atoms with Gasteiger partial charge < -0.3 is 24.4 Å². The Bertz CT molecular complexity index is 1060. The Morgan fingerprint density at radius 3 is 2.47 bits per heavy atom. The van der Waals surface area contributed by atoms with Crippen molar-refractivity contribution < 1.29 is 24.2 Å². The highest BCUT2D eigenvalue weighted by molar-refractivity contribution is 9.10. The first-order valence-corrected chi connectivity index (χ1v) is 11.2. The number of carbonyl (C=O) groups excluding carboxylic acids is 2. The van der Waals surface area contributed by atoms with Crippen LogP contribution < -0.4 is 9.47 Å². The smallest absolute Gasteiger partial charge is 0.295 e. The van der Waals surface area contributed by atoms with Crippen molar-refractivity contribution in [1.82, 2.24) is 9.80 Å². The van der Waals surface area contributed by atoms with E-state index in [1.54, 1.807) is 23.1 Å². The molecule has 2 heterocycles. The van der Waals surface area contributed by atoms with E-state index in [1.807, 2.05) is 43.3 Å². The van der Waals surface area contributed by atoms with E-state index in [0.29, 0.717) is 43.2 Å². The summed E-state index contributed by atoms with van der Waals surface area (Å²) in [6.45, 7) is 2.05. The number of ether oxygens (including phenoxy) is 2. The number of Topliss-reactive ketones (excluding diaryl/α,β-unsaturated/α-hetero) is 1. The standard InChI is InChI=1S/C24H25BrN2O5/c1-26(2)10-3-11-27-21(15-4-7-17(25)8-5-15)20(23(29)24(27)30)22(28)16-6-9-18-19(14-16)32-13-12-31-18/h4-9,14,21,28H,3,10-13H2,1-2H3/t21-/m1/s1. The molecule has 0 saturated carbocycles. The lowest BCUT2D eigenvalue weighted by molar-refractivity contribution is -0.139. The molecule has 0 aliphatic carbocycles. The molecule has 7 nitrogen and oxygen atoms in total. The molecule has 0 bridgehead atoms. The lowest BCUT2D eigenvalue weighted by Gasteiger charge is -2.26. The SMILES string of the molecule is CN(C)CCCN1C(=O)C(=O)C(=C(O)c2ccc3c(c2)OCCO3)[C@H]1c1ccc(Br)cc1. The summed E-state index contributed by atoms with van der Waals surface area (Å²) in [4.78, 5) is 29.6. The van der Waals surface area contributed by atoms with Gasteiger partial charge in [-0.2, -0.15) is 0 Å². The number of hydrogen-bond acceptors (Lipinski definition) is 6. The number of ketones is 1. The summed E-state index contributed by atoms with van der Waals surface area (Å²) in [5.74, 6) is -0.420. The molecule has 1 saturated heterocycles. The lowest BCUT2D eigenvalue weighted by Crippen LogP contribution is -2.32. The van der Waals surface area contributed by atoms with E-state index in [2.05, 4.69) is 15.9 Å². The molecule has 2 aliphatic rings. The van der Waals surface area contributed by atoms with E-state index >= 15 is 0 Å². The fourth-order valence-electron chi connectivity index (χ4n) is 4.01. The molecule has 0 radical (unpaired) electrons. The zero-order chi connectivity index (χ0) is 22.8. The first-order valence-electron chi connectivity index (χ1n) is 10.5. The van der Waals surface area contributed by atoms with Crippen LogP contribution in [0.1, 0.15) is 23.6 Å². The Morgan fingerprint density at radius 2 is 1.78 bits per heavy atom.